The lowest BCUT2D eigenvalue weighted by Gasteiger charge is -2.27. The average molecular weight is 387 g/mol. The second-order valence-electron chi connectivity index (χ2n) is 5.61. The standard InChI is InChI=1S/C19H15ClN2O3S/c1-2-24-18-13(17(23)12-9-11(20)7-8-15(12)25-18)10-21-19-22-14-5-3-4-6-16(14)26-19/h3-10,18H,2H2,1H3,(H,21,22)/b13-10+. The van der Waals surface area contributed by atoms with Gasteiger partial charge in [0.05, 0.1) is 21.4 Å². The zero-order valence-corrected chi connectivity index (χ0v) is 15.4. The van der Waals surface area contributed by atoms with E-state index in [-0.39, 0.29) is 5.78 Å². The summed E-state index contributed by atoms with van der Waals surface area (Å²) in [5.41, 5.74) is 1.70. The Balaban J connectivity index is 1.67. The van der Waals surface area contributed by atoms with E-state index in [9.17, 15) is 4.79 Å². The summed E-state index contributed by atoms with van der Waals surface area (Å²) in [7, 11) is 0. The second kappa shape index (κ2) is 7.07. The van der Waals surface area contributed by atoms with Crippen molar-refractivity contribution in [3.63, 3.8) is 0 Å². The summed E-state index contributed by atoms with van der Waals surface area (Å²) in [6.07, 6.45) is 0.826. The Hall–Kier alpha value is -2.41. The molecule has 0 amide bonds. The van der Waals surface area contributed by atoms with E-state index in [1.165, 1.54) is 11.3 Å². The van der Waals surface area contributed by atoms with E-state index in [2.05, 4.69) is 10.3 Å². The van der Waals surface area contributed by atoms with Crippen molar-refractivity contribution < 1.29 is 14.3 Å². The first-order chi connectivity index (χ1) is 12.7. The minimum absolute atomic E-state index is 0.180. The first-order valence-corrected chi connectivity index (χ1v) is 9.30. The number of thiazole rings is 1. The van der Waals surface area contributed by atoms with Crippen LogP contribution in [0.2, 0.25) is 5.02 Å². The lowest BCUT2D eigenvalue weighted by molar-refractivity contribution is -0.0509. The molecule has 0 saturated heterocycles. The summed E-state index contributed by atoms with van der Waals surface area (Å²) in [5, 5.41) is 4.27. The minimum Gasteiger partial charge on any atom is -0.460 e. The van der Waals surface area contributed by atoms with E-state index in [4.69, 9.17) is 21.1 Å². The van der Waals surface area contributed by atoms with Crippen molar-refractivity contribution in [1.82, 2.24) is 4.98 Å². The fraction of sp³-hybridized carbons (Fsp3) is 0.158. The number of rotatable bonds is 4. The van der Waals surface area contributed by atoms with Crippen molar-refractivity contribution in [2.45, 2.75) is 13.2 Å². The molecule has 1 atom stereocenters. The molecule has 7 heteroatoms. The molecule has 0 spiro atoms. The van der Waals surface area contributed by atoms with Crippen molar-refractivity contribution in [3.05, 3.63) is 64.8 Å². The molecule has 2 aromatic carbocycles. The van der Waals surface area contributed by atoms with Gasteiger partial charge in [0.25, 0.3) is 0 Å². The predicted octanol–water partition coefficient (Wildman–Crippen LogP) is 4.88. The molecule has 0 saturated carbocycles. The minimum atomic E-state index is -0.775. The average Bonchev–Trinajstić information content (AvgIpc) is 3.05. The fourth-order valence-corrected chi connectivity index (χ4v) is 3.71. The molecule has 1 N–H and O–H groups in total. The number of hydrogen-bond donors (Lipinski definition) is 1. The maximum absolute atomic E-state index is 12.9. The predicted molar refractivity (Wildman–Crippen MR) is 103 cm³/mol. The summed E-state index contributed by atoms with van der Waals surface area (Å²) in [6, 6.07) is 12.8. The number of fused-ring (bicyclic) bond motifs is 2. The Morgan fingerprint density at radius 3 is 3.00 bits per heavy atom. The highest BCUT2D eigenvalue weighted by Crippen LogP contribution is 2.33. The number of hydrogen-bond acceptors (Lipinski definition) is 6. The highest BCUT2D eigenvalue weighted by molar-refractivity contribution is 7.22. The van der Waals surface area contributed by atoms with E-state index in [0.717, 1.165) is 10.2 Å². The molecular weight excluding hydrogens is 372 g/mol. The van der Waals surface area contributed by atoms with Crippen molar-refractivity contribution in [2.24, 2.45) is 0 Å². The molecule has 1 aromatic heterocycles. The van der Waals surface area contributed by atoms with Gasteiger partial charge in [-0.3, -0.25) is 4.79 Å². The van der Waals surface area contributed by atoms with Crippen LogP contribution in [0, 0.1) is 0 Å². The Morgan fingerprint density at radius 1 is 1.35 bits per heavy atom. The third-order valence-electron chi connectivity index (χ3n) is 3.90. The summed E-state index contributed by atoms with van der Waals surface area (Å²) in [5.74, 6) is 0.288. The Labute approximate surface area is 159 Å². The number of nitrogens with one attached hydrogen (secondary N) is 1. The van der Waals surface area contributed by atoms with Gasteiger partial charge < -0.3 is 14.8 Å². The van der Waals surface area contributed by atoms with Crippen molar-refractivity contribution in [2.75, 3.05) is 11.9 Å². The lowest BCUT2D eigenvalue weighted by atomic mass is 10.00. The lowest BCUT2D eigenvalue weighted by Crippen LogP contribution is -2.33. The van der Waals surface area contributed by atoms with Gasteiger partial charge in [-0.2, -0.15) is 0 Å². The molecule has 0 fully saturated rings. The summed E-state index contributed by atoms with van der Waals surface area (Å²) >= 11 is 7.53. The molecule has 132 valence electrons. The number of halogens is 1. The van der Waals surface area contributed by atoms with Crippen LogP contribution in [0.4, 0.5) is 5.13 Å². The molecule has 1 aliphatic heterocycles. The van der Waals surface area contributed by atoms with E-state index in [1.54, 1.807) is 24.4 Å². The van der Waals surface area contributed by atoms with E-state index < -0.39 is 6.29 Å². The number of ether oxygens (including phenoxy) is 2. The van der Waals surface area contributed by atoms with Gasteiger partial charge >= 0.3 is 0 Å². The monoisotopic (exact) mass is 386 g/mol. The number of benzene rings is 2. The summed E-state index contributed by atoms with van der Waals surface area (Å²) in [6.45, 7) is 2.27. The molecule has 1 unspecified atom stereocenters. The third-order valence-corrected chi connectivity index (χ3v) is 5.10. The zero-order valence-electron chi connectivity index (χ0n) is 13.9. The number of ketones is 1. The molecule has 3 aromatic rings. The first kappa shape index (κ1) is 17.0. The topological polar surface area (TPSA) is 60.5 Å². The first-order valence-electron chi connectivity index (χ1n) is 8.10. The van der Waals surface area contributed by atoms with Crippen LogP contribution in [0.5, 0.6) is 5.75 Å². The van der Waals surface area contributed by atoms with Crippen LogP contribution in [-0.4, -0.2) is 23.7 Å². The van der Waals surface area contributed by atoms with E-state index >= 15 is 0 Å². The molecule has 1 aliphatic rings. The quantitative estimate of drug-likeness (QED) is 0.647. The van der Waals surface area contributed by atoms with Crippen molar-refractivity contribution >= 4 is 44.1 Å². The molecule has 5 nitrogen and oxygen atoms in total. The molecule has 0 bridgehead atoms. The van der Waals surface area contributed by atoms with Crippen LogP contribution in [0.25, 0.3) is 10.2 Å². The Kier molecular flexibility index (Phi) is 4.63. The molecule has 0 aliphatic carbocycles. The van der Waals surface area contributed by atoms with Gasteiger partial charge in [-0.05, 0) is 37.3 Å². The van der Waals surface area contributed by atoms with Crippen molar-refractivity contribution in [1.29, 1.82) is 0 Å². The number of carbonyl (C=O) groups is 1. The highest BCUT2D eigenvalue weighted by Gasteiger charge is 2.32. The van der Waals surface area contributed by atoms with Gasteiger partial charge in [-0.1, -0.05) is 35.1 Å². The highest BCUT2D eigenvalue weighted by atomic mass is 35.5. The maximum Gasteiger partial charge on any atom is 0.232 e. The van der Waals surface area contributed by atoms with Crippen molar-refractivity contribution in [3.8, 4) is 5.75 Å². The Morgan fingerprint density at radius 2 is 2.19 bits per heavy atom. The van der Waals surface area contributed by atoms with Crippen LogP contribution < -0.4 is 10.1 Å². The van der Waals surface area contributed by atoms with Crippen LogP contribution in [-0.2, 0) is 4.74 Å². The maximum atomic E-state index is 12.9. The van der Waals surface area contributed by atoms with Crippen LogP contribution >= 0.6 is 22.9 Å². The van der Waals surface area contributed by atoms with Gasteiger partial charge in [0.2, 0.25) is 12.1 Å². The molecule has 26 heavy (non-hydrogen) atoms. The number of para-hydroxylation sites is 1. The summed E-state index contributed by atoms with van der Waals surface area (Å²) in [4.78, 5) is 17.4. The summed E-state index contributed by atoms with van der Waals surface area (Å²) < 4.78 is 12.5. The van der Waals surface area contributed by atoms with Gasteiger partial charge in [-0.15, -0.1) is 0 Å². The smallest absolute Gasteiger partial charge is 0.232 e. The van der Waals surface area contributed by atoms with E-state index in [0.29, 0.717) is 33.6 Å². The second-order valence-corrected chi connectivity index (χ2v) is 7.07. The van der Waals surface area contributed by atoms with Gasteiger partial charge in [0.1, 0.15) is 5.75 Å². The number of aromatic nitrogens is 1. The molecule has 0 radical (unpaired) electrons. The van der Waals surface area contributed by atoms with Crippen LogP contribution in [0.15, 0.2) is 54.2 Å². The molecule has 4 rings (SSSR count). The SMILES string of the molecule is CCOC1Oc2ccc(Cl)cc2C(=O)/C1=C\Nc1nc2ccccc2s1. The molecular formula is C19H15ClN2O3S. The zero-order chi connectivity index (χ0) is 18.1. The number of anilines is 1. The number of nitrogens with zero attached hydrogens (tertiary/aromatic N) is 1. The Bertz CT molecular complexity index is 982. The third kappa shape index (κ3) is 3.19. The molecule has 2 heterocycles. The largest absolute Gasteiger partial charge is 0.460 e. The fourth-order valence-electron chi connectivity index (χ4n) is 2.71. The van der Waals surface area contributed by atoms with Gasteiger partial charge in [-0.25, -0.2) is 4.98 Å². The number of Topliss-reactive ketones (excluding diaryl/α,β-unsaturated/α-hetero) is 1. The van der Waals surface area contributed by atoms with Gasteiger partial charge in [0.15, 0.2) is 5.13 Å². The van der Waals surface area contributed by atoms with Gasteiger partial charge in [0, 0.05) is 17.8 Å². The van der Waals surface area contributed by atoms with E-state index in [1.807, 2.05) is 31.2 Å². The normalized spacial score (nSPS) is 18.0. The van der Waals surface area contributed by atoms with Crippen LogP contribution in [0.1, 0.15) is 17.3 Å². The van der Waals surface area contributed by atoms with Crippen LogP contribution in [0.3, 0.4) is 0 Å². The number of carbonyl (C=O) groups excluding carboxylic acids is 1.